The van der Waals surface area contributed by atoms with E-state index in [0.29, 0.717) is 11.3 Å². The van der Waals surface area contributed by atoms with E-state index < -0.39 is 0 Å². The van der Waals surface area contributed by atoms with Gasteiger partial charge in [-0.1, -0.05) is 29.3 Å². The Bertz CT molecular complexity index is 468. The van der Waals surface area contributed by atoms with Gasteiger partial charge in [0.2, 0.25) is 5.91 Å². The summed E-state index contributed by atoms with van der Waals surface area (Å²) < 4.78 is 0.814. The topological polar surface area (TPSA) is 78.9 Å². The molecule has 0 heterocycles. The number of carbonyl (C=O) groups excluding carboxylic acids is 1. The number of benzene rings is 1. The molecule has 0 aliphatic heterocycles. The molecule has 96 valence electrons. The summed E-state index contributed by atoms with van der Waals surface area (Å²) in [5.74, 6) is -0.162. The maximum atomic E-state index is 11.8. The van der Waals surface area contributed by atoms with Crippen LogP contribution in [-0.4, -0.2) is 11.9 Å². The summed E-state index contributed by atoms with van der Waals surface area (Å²) >= 11 is 3.31. The van der Waals surface area contributed by atoms with Crippen LogP contribution < -0.4 is 11.1 Å². The summed E-state index contributed by atoms with van der Waals surface area (Å²) in [6.07, 6.45) is 2.04. The number of amides is 1. The lowest BCUT2D eigenvalue weighted by Crippen LogP contribution is -2.27. The van der Waals surface area contributed by atoms with Gasteiger partial charge in [-0.05, 0) is 24.6 Å². The lowest BCUT2D eigenvalue weighted by Gasteiger charge is -2.11. The van der Waals surface area contributed by atoms with Gasteiger partial charge in [-0.3, -0.25) is 4.79 Å². The molecule has 1 unspecified atom stereocenters. The minimum absolute atomic E-state index is 0.132. The van der Waals surface area contributed by atoms with E-state index in [9.17, 15) is 4.79 Å². The Hall–Kier alpha value is -1.38. The Balaban J connectivity index is 2.70. The third-order valence-corrected chi connectivity index (χ3v) is 2.98. The molecule has 1 aromatic rings. The van der Waals surface area contributed by atoms with Gasteiger partial charge >= 0.3 is 0 Å². The number of nitrogens with one attached hydrogen (secondary N) is 1. The molecule has 1 aromatic carbocycles. The van der Waals surface area contributed by atoms with Crippen molar-refractivity contribution in [2.75, 3.05) is 5.32 Å². The molecule has 18 heavy (non-hydrogen) atoms. The van der Waals surface area contributed by atoms with Crippen LogP contribution in [0.3, 0.4) is 0 Å². The molecule has 0 aliphatic rings. The largest absolute Gasteiger partial charge is 0.327 e. The highest BCUT2D eigenvalue weighted by molar-refractivity contribution is 9.10. The fraction of sp³-hybridized carbons (Fsp3) is 0.385. The number of hydrogen-bond acceptors (Lipinski definition) is 3. The highest BCUT2D eigenvalue weighted by Crippen LogP contribution is 2.21. The van der Waals surface area contributed by atoms with E-state index in [2.05, 4.69) is 21.2 Å². The maximum absolute atomic E-state index is 11.8. The van der Waals surface area contributed by atoms with Crippen LogP contribution in [0.2, 0.25) is 0 Å². The highest BCUT2D eigenvalue weighted by Gasteiger charge is 2.11. The average molecular weight is 310 g/mol. The van der Waals surface area contributed by atoms with Crippen LogP contribution in [0.15, 0.2) is 22.7 Å². The van der Waals surface area contributed by atoms with Crippen molar-refractivity contribution in [3.05, 3.63) is 28.2 Å². The molecule has 0 aliphatic carbocycles. The van der Waals surface area contributed by atoms with Crippen molar-refractivity contribution in [1.82, 2.24) is 0 Å². The third kappa shape index (κ3) is 4.47. The molecule has 3 N–H and O–H groups in total. The van der Waals surface area contributed by atoms with Crippen molar-refractivity contribution in [3.8, 4) is 6.07 Å². The molecule has 5 heteroatoms. The van der Waals surface area contributed by atoms with Crippen LogP contribution in [-0.2, 0) is 4.79 Å². The monoisotopic (exact) mass is 309 g/mol. The molecule has 1 amide bonds. The SMILES string of the molecule is CCCC(N)CC(=O)Nc1cc(Br)ccc1C#N. The molecular formula is C13H16BrN3O. The smallest absolute Gasteiger partial charge is 0.225 e. The third-order valence-electron chi connectivity index (χ3n) is 2.48. The summed E-state index contributed by atoms with van der Waals surface area (Å²) in [6.45, 7) is 2.03. The van der Waals surface area contributed by atoms with Crippen molar-refractivity contribution in [3.63, 3.8) is 0 Å². The fourth-order valence-electron chi connectivity index (χ4n) is 1.63. The average Bonchev–Trinajstić information content (AvgIpc) is 2.29. The predicted octanol–water partition coefficient (Wildman–Crippen LogP) is 2.78. The number of anilines is 1. The van der Waals surface area contributed by atoms with Gasteiger partial charge in [0, 0.05) is 16.9 Å². The maximum Gasteiger partial charge on any atom is 0.225 e. The standard InChI is InChI=1S/C13H16BrN3O/c1-2-3-11(16)7-13(18)17-12-6-10(14)5-4-9(12)8-15/h4-6,11H,2-3,7,16H2,1H3,(H,17,18). The van der Waals surface area contributed by atoms with E-state index in [4.69, 9.17) is 11.0 Å². The first kappa shape index (κ1) is 14.7. The molecule has 0 aromatic heterocycles. The van der Waals surface area contributed by atoms with Crippen LogP contribution in [0.1, 0.15) is 31.7 Å². The van der Waals surface area contributed by atoms with Crippen LogP contribution in [0.5, 0.6) is 0 Å². The van der Waals surface area contributed by atoms with Crippen LogP contribution in [0, 0.1) is 11.3 Å². The van der Waals surface area contributed by atoms with Gasteiger partial charge < -0.3 is 11.1 Å². The van der Waals surface area contributed by atoms with Crippen LogP contribution in [0.25, 0.3) is 0 Å². The van der Waals surface area contributed by atoms with Crippen molar-refractivity contribution in [2.45, 2.75) is 32.2 Å². The zero-order chi connectivity index (χ0) is 13.5. The van der Waals surface area contributed by atoms with E-state index in [1.807, 2.05) is 13.0 Å². The van der Waals surface area contributed by atoms with Gasteiger partial charge in [-0.25, -0.2) is 0 Å². The quantitative estimate of drug-likeness (QED) is 0.877. The second-order valence-corrected chi connectivity index (χ2v) is 5.02. The number of carbonyl (C=O) groups is 1. The Morgan fingerprint density at radius 2 is 2.33 bits per heavy atom. The van der Waals surface area contributed by atoms with E-state index >= 15 is 0 Å². The van der Waals surface area contributed by atoms with Crippen molar-refractivity contribution < 1.29 is 4.79 Å². The number of nitrogens with zero attached hydrogens (tertiary/aromatic N) is 1. The van der Waals surface area contributed by atoms with Crippen molar-refractivity contribution in [1.29, 1.82) is 5.26 Å². The van der Waals surface area contributed by atoms with E-state index in [0.717, 1.165) is 17.3 Å². The summed E-state index contributed by atoms with van der Waals surface area (Å²) in [6, 6.07) is 7.04. The summed E-state index contributed by atoms with van der Waals surface area (Å²) in [5.41, 5.74) is 6.76. The highest BCUT2D eigenvalue weighted by atomic mass is 79.9. The van der Waals surface area contributed by atoms with Crippen molar-refractivity contribution in [2.24, 2.45) is 5.73 Å². The lowest BCUT2D eigenvalue weighted by molar-refractivity contribution is -0.116. The normalized spacial score (nSPS) is 11.7. The predicted molar refractivity (Wildman–Crippen MR) is 75.0 cm³/mol. The molecule has 0 spiro atoms. The number of nitriles is 1. The Labute approximate surface area is 115 Å². The second-order valence-electron chi connectivity index (χ2n) is 4.10. The first-order chi connectivity index (χ1) is 8.56. The Kier molecular flexibility index (Phi) is 5.83. The van der Waals surface area contributed by atoms with Gasteiger partial charge in [0.05, 0.1) is 11.3 Å². The molecule has 4 nitrogen and oxygen atoms in total. The second kappa shape index (κ2) is 7.14. The van der Waals surface area contributed by atoms with Crippen molar-refractivity contribution >= 4 is 27.5 Å². The molecule has 0 bridgehead atoms. The lowest BCUT2D eigenvalue weighted by atomic mass is 10.1. The minimum atomic E-state index is -0.162. The van der Waals surface area contributed by atoms with Gasteiger partial charge in [0.15, 0.2) is 0 Å². The number of halogens is 1. The molecule has 0 saturated heterocycles. The van der Waals surface area contributed by atoms with Gasteiger partial charge in [-0.15, -0.1) is 0 Å². The van der Waals surface area contributed by atoms with Gasteiger partial charge in [0.25, 0.3) is 0 Å². The molecule has 0 radical (unpaired) electrons. The molecule has 0 fully saturated rings. The van der Waals surface area contributed by atoms with E-state index in [1.54, 1.807) is 18.2 Å². The number of rotatable bonds is 5. The van der Waals surface area contributed by atoms with E-state index in [-0.39, 0.29) is 18.4 Å². The van der Waals surface area contributed by atoms with E-state index in [1.165, 1.54) is 0 Å². The minimum Gasteiger partial charge on any atom is -0.327 e. The van der Waals surface area contributed by atoms with Gasteiger partial charge in [-0.2, -0.15) is 5.26 Å². The number of nitrogens with two attached hydrogens (primary N) is 1. The van der Waals surface area contributed by atoms with Crippen LogP contribution in [0.4, 0.5) is 5.69 Å². The molecule has 0 saturated carbocycles. The molecular weight excluding hydrogens is 294 g/mol. The fourth-order valence-corrected chi connectivity index (χ4v) is 1.99. The van der Waals surface area contributed by atoms with Crippen LogP contribution >= 0.6 is 15.9 Å². The molecule has 1 atom stereocenters. The number of hydrogen-bond donors (Lipinski definition) is 2. The first-order valence-electron chi connectivity index (χ1n) is 5.82. The Morgan fingerprint density at radius 1 is 1.61 bits per heavy atom. The summed E-state index contributed by atoms with van der Waals surface area (Å²) in [5, 5.41) is 11.7. The first-order valence-corrected chi connectivity index (χ1v) is 6.61. The van der Waals surface area contributed by atoms with Gasteiger partial charge in [0.1, 0.15) is 6.07 Å². The summed E-state index contributed by atoms with van der Waals surface area (Å²) in [7, 11) is 0. The molecule has 1 rings (SSSR count). The summed E-state index contributed by atoms with van der Waals surface area (Å²) in [4.78, 5) is 11.8. The zero-order valence-electron chi connectivity index (χ0n) is 10.2. The Morgan fingerprint density at radius 3 is 2.94 bits per heavy atom. The zero-order valence-corrected chi connectivity index (χ0v) is 11.8.